The molecule has 0 spiro atoms. The zero-order valence-electron chi connectivity index (χ0n) is 16.6. The molecule has 158 valence electrons. The van der Waals surface area contributed by atoms with Crippen LogP contribution in [-0.4, -0.2) is 37.1 Å². The van der Waals surface area contributed by atoms with Crippen molar-refractivity contribution in [1.29, 1.82) is 0 Å². The summed E-state index contributed by atoms with van der Waals surface area (Å²) in [4.78, 5) is 27.3. The van der Waals surface area contributed by atoms with Crippen LogP contribution in [0, 0.1) is 11.2 Å². The number of anilines is 1. The van der Waals surface area contributed by atoms with Gasteiger partial charge < -0.3 is 15.4 Å². The molecule has 4 rings (SSSR count). The SMILES string of the molecule is CC1(C(CC(=O)O)Nc2nc(-c3c[nH]c4ncc(Cl)cc34)ncc2F)CCCCC1. The lowest BCUT2D eigenvalue weighted by Gasteiger charge is -2.40. The van der Waals surface area contributed by atoms with E-state index < -0.39 is 17.8 Å². The van der Waals surface area contributed by atoms with Crippen molar-refractivity contribution in [3.8, 4) is 11.4 Å². The summed E-state index contributed by atoms with van der Waals surface area (Å²) in [5.74, 6) is -1.24. The lowest BCUT2D eigenvalue weighted by atomic mass is 9.69. The third kappa shape index (κ3) is 4.09. The number of fused-ring (bicyclic) bond motifs is 1. The van der Waals surface area contributed by atoms with E-state index in [-0.39, 0.29) is 17.7 Å². The quantitative estimate of drug-likeness (QED) is 0.505. The van der Waals surface area contributed by atoms with Crippen LogP contribution in [0.25, 0.3) is 22.4 Å². The van der Waals surface area contributed by atoms with Crippen LogP contribution in [0.2, 0.25) is 5.02 Å². The maximum absolute atomic E-state index is 14.6. The summed E-state index contributed by atoms with van der Waals surface area (Å²) in [6, 6.07) is 1.30. The monoisotopic (exact) mass is 431 g/mol. The van der Waals surface area contributed by atoms with Gasteiger partial charge in [-0.3, -0.25) is 4.79 Å². The minimum Gasteiger partial charge on any atom is -0.481 e. The van der Waals surface area contributed by atoms with Crippen molar-refractivity contribution < 1.29 is 14.3 Å². The number of H-pyrrole nitrogens is 1. The Morgan fingerprint density at radius 3 is 2.83 bits per heavy atom. The molecule has 3 aromatic heterocycles. The first-order valence-electron chi connectivity index (χ1n) is 9.99. The standard InChI is InChI=1S/C21H23ClFN5O2/c1-21(5-3-2-4-6-21)16(8-17(29)30)27-20-15(23)11-26-19(28-20)14-10-25-18-13(14)7-12(22)9-24-18/h7,9-11,16H,2-6,8H2,1H3,(H,24,25)(H,29,30)(H,26,27,28). The molecule has 1 unspecified atom stereocenters. The van der Waals surface area contributed by atoms with E-state index in [2.05, 4.69) is 32.2 Å². The van der Waals surface area contributed by atoms with Gasteiger partial charge in [-0.25, -0.2) is 19.3 Å². The van der Waals surface area contributed by atoms with E-state index in [4.69, 9.17) is 11.6 Å². The molecule has 3 N–H and O–H groups in total. The highest BCUT2D eigenvalue weighted by Crippen LogP contribution is 2.41. The molecule has 30 heavy (non-hydrogen) atoms. The fourth-order valence-electron chi connectivity index (χ4n) is 4.28. The number of rotatable bonds is 6. The van der Waals surface area contributed by atoms with Gasteiger partial charge in [0, 0.05) is 29.4 Å². The molecule has 1 aliphatic carbocycles. The summed E-state index contributed by atoms with van der Waals surface area (Å²) in [7, 11) is 0. The van der Waals surface area contributed by atoms with Crippen molar-refractivity contribution in [2.75, 3.05) is 5.32 Å². The van der Waals surface area contributed by atoms with Gasteiger partial charge in [0.2, 0.25) is 0 Å². The number of nitrogens with one attached hydrogen (secondary N) is 2. The first-order valence-corrected chi connectivity index (χ1v) is 10.4. The summed E-state index contributed by atoms with van der Waals surface area (Å²) < 4.78 is 14.6. The van der Waals surface area contributed by atoms with Gasteiger partial charge in [0.1, 0.15) is 5.65 Å². The highest BCUT2D eigenvalue weighted by atomic mass is 35.5. The van der Waals surface area contributed by atoms with E-state index >= 15 is 0 Å². The van der Waals surface area contributed by atoms with E-state index in [0.29, 0.717) is 22.1 Å². The Balaban J connectivity index is 1.69. The lowest BCUT2D eigenvalue weighted by molar-refractivity contribution is -0.138. The average Bonchev–Trinajstić information content (AvgIpc) is 3.12. The third-order valence-electron chi connectivity index (χ3n) is 6.01. The average molecular weight is 432 g/mol. The molecule has 0 amide bonds. The molecule has 0 radical (unpaired) electrons. The molecule has 0 bridgehead atoms. The number of carbonyl (C=O) groups is 1. The van der Waals surface area contributed by atoms with Gasteiger partial charge in [0.15, 0.2) is 17.5 Å². The normalized spacial score (nSPS) is 17.0. The highest BCUT2D eigenvalue weighted by molar-refractivity contribution is 6.31. The summed E-state index contributed by atoms with van der Waals surface area (Å²) in [5, 5.41) is 13.7. The maximum Gasteiger partial charge on any atom is 0.305 e. The minimum absolute atomic E-state index is 0.00221. The van der Waals surface area contributed by atoms with Gasteiger partial charge in [-0.1, -0.05) is 37.8 Å². The molecule has 1 atom stereocenters. The van der Waals surface area contributed by atoms with E-state index in [1.165, 1.54) is 6.20 Å². The molecular weight excluding hydrogens is 409 g/mol. The Hall–Kier alpha value is -2.74. The van der Waals surface area contributed by atoms with Gasteiger partial charge in [0.25, 0.3) is 0 Å². The van der Waals surface area contributed by atoms with Crippen molar-refractivity contribution in [3.05, 3.63) is 35.5 Å². The Morgan fingerprint density at radius 2 is 2.10 bits per heavy atom. The predicted octanol–water partition coefficient (Wildman–Crippen LogP) is 5.04. The number of halogens is 2. The molecule has 3 heterocycles. The molecule has 3 aromatic rings. The van der Waals surface area contributed by atoms with E-state index in [9.17, 15) is 14.3 Å². The number of carboxylic acid groups (broad SMARTS) is 1. The second-order valence-corrected chi connectivity index (χ2v) is 8.59. The van der Waals surface area contributed by atoms with Gasteiger partial charge in [-0.2, -0.15) is 0 Å². The van der Waals surface area contributed by atoms with E-state index in [0.717, 1.165) is 43.7 Å². The second kappa shape index (κ2) is 8.18. The zero-order chi connectivity index (χ0) is 21.3. The van der Waals surface area contributed by atoms with Crippen LogP contribution >= 0.6 is 11.6 Å². The van der Waals surface area contributed by atoms with Crippen LogP contribution in [0.5, 0.6) is 0 Å². The predicted molar refractivity (Wildman–Crippen MR) is 113 cm³/mol. The van der Waals surface area contributed by atoms with Gasteiger partial charge >= 0.3 is 5.97 Å². The molecule has 0 saturated heterocycles. The molecule has 1 saturated carbocycles. The molecule has 7 nitrogen and oxygen atoms in total. The molecule has 1 aliphatic rings. The summed E-state index contributed by atoms with van der Waals surface area (Å²) in [6.07, 6.45) is 9.22. The highest BCUT2D eigenvalue weighted by Gasteiger charge is 2.37. The molecule has 9 heteroatoms. The van der Waals surface area contributed by atoms with Gasteiger partial charge in [0.05, 0.1) is 17.6 Å². The van der Waals surface area contributed by atoms with Crippen molar-refractivity contribution in [3.63, 3.8) is 0 Å². The van der Waals surface area contributed by atoms with Crippen molar-refractivity contribution in [2.24, 2.45) is 5.41 Å². The Kier molecular flexibility index (Phi) is 5.60. The first kappa shape index (κ1) is 20.5. The van der Waals surface area contributed by atoms with Crippen LogP contribution in [0.4, 0.5) is 10.2 Å². The number of aromatic nitrogens is 4. The topological polar surface area (TPSA) is 104 Å². The fraction of sp³-hybridized carbons (Fsp3) is 0.429. The number of aliphatic carboxylic acids is 1. The van der Waals surface area contributed by atoms with E-state index in [1.54, 1.807) is 12.3 Å². The van der Waals surface area contributed by atoms with Crippen LogP contribution in [-0.2, 0) is 4.79 Å². The number of hydrogen-bond acceptors (Lipinski definition) is 5. The van der Waals surface area contributed by atoms with Gasteiger partial charge in [-0.15, -0.1) is 0 Å². The first-order chi connectivity index (χ1) is 14.4. The second-order valence-electron chi connectivity index (χ2n) is 8.15. The summed E-state index contributed by atoms with van der Waals surface area (Å²) in [6.45, 7) is 2.07. The largest absolute Gasteiger partial charge is 0.481 e. The van der Waals surface area contributed by atoms with Crippen molar-refractivity contribution in [2.45, 2.75) is 51.5 Å². The number of pyridine rings is 1. The molecule has 0 aromatic carbocycles. The van der Waals surface area contributed by atoms with Crippen LogP contribution in [0.1, 0.15) is 45.4 Å². The number of carboxylic acids is 1. The van der Waals surface area contributed by atoms with Crippen molar-refractivity contribution >= 4 is 34.4 Å². The van der Waals surface area contributed by atoms with Gasteiger partial charge in [-0.05, 0) is 24.3 Å². The Bertz CT molecular complexity index is 1080. The van der Waals surface area contributed by atoms with E-state index in [1.807, 2.05) is 0 Å². The fourth-order valence-corrected chi connectivity index (χ4v) is 4.44. The van der Waals surface area contributed by atoms with Crippen LogP contribution < -0.4 is 5.32 Å². The summed E-state index contributed by atoms with van der Waals surface area (Å²) >= 11 is 6.06. The Labute approximate surface area is 178 Å². The minimum atomic E-state index is -0.925. The smallest absolute Gasteiger partial charge is 0.305 e. The summed E-state index contributed by atoms with van der Waals surface area (Å²) in [5.41, 5.74) is 1.02. The molecular formula is C21H23ClFN5O2. The van der Waals surface area contributed by atoms with Crippen LogP contribution in [0.15, 0.2) is 24.7 Å². The third-order valence-corrected chi connectivity index (χ3v) is 6.22. The lowest BCUT2D eigenvalue weighted by Crippen LogP contribution is -2.42. The number of hydrogen-bond donors (Lipinski definition) is 3. The van der Waals surface area contributed by atoms with Crippen molar-refractivity contribution in [1.82, 2.24) is 19.9 Å². The zero-order valence-corrected chi connectivity index (χ0v) is 17.3. The maximum atomic E-state index is 14.6. The van der Waals surface area contributed by atoms with Crippen LogP contribution in [0.3, 0.4) is 0 Å². The number of nitrogens with zero attached hydrogens (tertiary/aromatic N) is 3. The number of aromatic amines is 1. The molecule has 0 aliphatic heterocycles. The molecule has 1 fully saturated rings. The Morgan fingerprint density at radius 1 is 1.33 bits per heavy atom.